The van der Waals surface area contributed by atoms with Crippen molar-refractivity contribution in [2.45, 2.75) is 13.3 Å². The van der Waals surface area contributed by atoms with E-state index in [-0.39, 0.29) is 10.7 Å². The van der Waals surface area contributed by atoms with Gasteiger partial charge in [0.15, 0.2) is 5.12 Å². The first kappa shape index (κ1) is 14.8. The van der Waals surface area contributed by atoms with Gasteiger partial charge in [0.05, 0.1) is 5.56 Å². The highest BCUT2D eigenvalue weighted by molar-refractivity contribution is 9.10. The molecule has 3 nitrogen and oxygen atoms in total. The highest BCUT2D eigenvalue weighted by atomic mass is 79.9. The van der Waals surface area contributed by atoms with Crippen molar-refractivity contribution in [3.05, 3.63) is 33.8 Å². The molecular weight excluding hydrogens is 316 g/mol. The maximum absolute atomic E-state index is 10.9. The quantitative estimate of drug-likeness (QED) is 0.684. The molecule has 0 saturated carbocycles. The molecule has 0 aromatic heterocycles. The summed E-state index contributed by atoms with van der Waals surface area (Å²) < 4.78 is 0.535. The third kappa shape index (κ3) is 4.94. The van der Waals surface area contributed by atoms with Crippen LogP contribution in [0.1, 0.15) is 29.3 Å². The van der Waals surface area contributed by atoms with Crippen LogP contribution in [0.3, 0.4) is 0 Å². The topological polar surface area (TPSA) is 54.4 Å². The third-order valence-electron chi connectivity index (χ3n) is 1.96. The first-order chi connectivity index (χ1) is 8.50. The molecule has 0 atom stereocenters. The second-order valence-electron chi connectivity index (χ2n) is 3.39. The number of benzene rings is 1. The smallest absolute Gasteiger partial charge is 0.336 e. The molecule has 0 spiro atoms. The Kier molecular flexibility index (Phi) is 5.96. The van der Waals surface area contributed by atoms with E-state index in [4.69, 9.17) is 5.11 Å². The van der Waals surface area contributed by atoms with Crippen molar-refractivity contribution in [3.8, 4) is 11.8 Å². The van der Waals surface area contributed by atoms with Gasteiger partial charge in [-0.2, -0.15) is 0 Å². The predicted octanol–water partition coefficient (Wildman–Crippen LogP) is 3.17. The fourth-order valence-electron chi connectivity index (χ4n) is 1.18. The first-order valence-corrected chi connectivity index (χ1v) is 6.93. The van der Waals surface area contributed by atoms with Crippen LogP contribution < -0.4 is 0 Å². The van der Waals surface area contributed by atoms with Crippen LogP contribution in [0.2, 0.25) is 0 Å². The van der Waals surface area contributed by atoms with Crippen molar-refractivity contribution in [2.75, 3.05) is 5.75 Å². The van der Waals surface area contributed by atoms with Gasteiger partial charge in [0, 0.05) is 29.1 Å². The number of carbonyl (C=O) groups excluding carboxylic acids is 1. The molecule has 0 bridgehead atoms. The highest BCUT2D eigenvalue weighted by Gasteiger charge is 2.07. The Balaban J connectivity index is 2.68. The van der Waals surface area contributed by atoms with Crippen molar-refractivity contribution in [1.29, 1.82) is 0 Å². The van der Waals surface area contributed by atoms with E-state index in [1.807, 2.05) is 0 Å². The summed E-state index contributed by atoms with van der Waals surface area (Å²) in [6, 6.07) is 4.94. The summed E-state index contributed by atoms with van der Waals surface area (Å²) in [6.07, 6.45) is 0.600. The van der Waals surface area contributed by atoms with E-state index in [2.05, 4.69) is 27.8 Å². The number of halogens is 1. The van der Waals surface area contributed by atoms with E-state index < -0.39 is 5.97 Å². The van der Waals surface area contributed by atoms with Gasteiger partial charge in [-0.15, -0.1) is 0 Å². The van der Waals surface area contributed by atoms with Crippen LogP contribution in [0.25, 0.3) is 0 Å². The number of carbonyl (C=O) groups is 2. The van der Waals surface area contributed by atoms with Crippen LogP contribution in [0.4, 0.5) is 0 Å². The normalized spacial score (nSPS) is 9.44. The molecule has 1 aromatic rings. The highest BCUT2D eigenvalue weighted by Crippen LogP contribution is 2.17. The van der Waals surface area contributed by atoms with Crippen molar-refractivity contribution >= 4 is 38.8 Å². The lowest BCUT2D eigenvalue weighted by molar-refractivity contribution is -0.109. The molecule has 94 valence electrons. The summed E-state index contributed by atoms with van der Waals surface area (Å²) in [5.41, 5.74) is 0.850. The Morgan fingerprint density at radius 3 is 2.78 bits per heavy atom. The molecule has 0 unspecified atom stereocenters. The maximum atomic E-state index is 10.9. The van der Waals surface area contributed by atoms with Gasteiger partial charge in [-0.25, -0.2) is 4.79 Å². The number of rotatable bonds is 3. The Bertz CT molecular complexity index is 529. The van der Waals surface area contributed by atoms with E-state index >= 15 is 0 Å². The lowest BCUT2D eigenvalue weighted by Crippen LogP contribution is -1.97. The second kappa shape index (κ2) is 7.24. The summed E-state index contributed by atoms with van der Waals surface area (Å²) in [7, 11) is 0. The lowest BCUT2D eigenvalue weighted by Gasteiger charge is -1.98. The third-order valence-corrected chi connectivity index (χ3v) is 3.47. The number of hydrogen-bond donors (Lipinski definition) is 1. The summed E-state index contributed by atoms with van der Waals surface area (Å²) in [4.78, 5) is 21.6. The van der Waals surface area contributed by atoms with Gasteiger partial charge in [-0.3, -0.25) is 4.79 Å². The Labute approximate surface area is 118 Å². The zero-order valence-corrected chi connectivity index (χ0v) is 12.1. The first-order valence-electron chi connectivity index (χ1n) is 5.16. The van der Waals surface area contributed by atoms with Crippen LogP contribution in [-0.4, -0.2) is 21.9 Å². The molecule has 0 aliphatic heterocycles. The minimum atomic E-state index is -0.988. The van der Waals surface area contributed by atoms with Gasteiger partial charge >= 0.3 is 5.97 Å². The Morgan fingerprint density at radius 1 is 1.44 bits per heavy atom. The number of thioether (sulfide) groups is 1. The molecule has 0 heterocycles. The summed E-state index contributed by atoms with van der Waals surface area (Å²) >= 11 is 4.40. The van der Waals surface area contributed by atoms with E-state index in [1.54, 1.807) is 12.1 Å². The Morgan fingerprint density at radius 2 is 2.17 bits per heavy atom. The molecule has 0 aliphatic rings. The summed E-state index contributed by atoms with van der Waals surface area (Å²) in [5, 5.41) is 9.02. The molecule has 0 fully saturated rings. The van der Waals surface area contributed by atoms with Crippen LogP contribution in [-0.2, 0) is 4.79 Å². The van der Waals surface area contributed by atoms with E-state index in [1.165, 1.54) is 24.8 Å². The SMILES string of the molecule is CC(=O)SCCC#Cc1ccc(Br)c(C(=O)O)c1. The molecule has 1 aromatic carbocycles. The van der Waals surface area contributed by atoms with Crippen LogP contribution in [0, 0.1) is 11.8 Å². The summed E-state index contributed by atoms with van der Waals surface area (Å²) in [6.45, 7) is 1.52. The molecule has 18 heavy (non-hydrogen) atoms. The molecule has 0 saturated heterocycles. The molecule has 0 amide bonds. The molecule has 0 radical (unpaired) electrons. The fourth-order valence-corrected chi connectivity index (χ4v) is 2.09. The van der Waals surface area contributed by atoms with E-state index in [0.717, 1.165) is 0 Å². The number of aromatic carboxylic acids is 1. The van der Waals surface area contributed by atoms with E-state index in [9.17, 15) is 9.59 Å². The minimum Gasteiger partial charge on any atom is -0.478 e. The number of hydrogen-bond acceptors (Lipinski definition) is 3. The molecule has 1 rings (SSSR count). The summed E-state index contributed by atoms with van der Waals surface area (Å²) in [5.74, 6) is 5.46. The monoisotopic (exact) mass is 326 g/mol. The van der Waals surface area contributed by atoms with Gasteiger partial charge in [-0.05, 0) is 34.1 Å². The van der Waals surface area contributed by atoms with Gasteiger partial charge < -0.3 is 5.11 Å². The molecular formula is C13H11BrO3S. The van der Waals surface area contributed by atoms with Crippen molar-refractivity contribution in [2.24, 2.45) is 0 Å². The van der Waals surface area contributed by atoms with Gasteiger partial charge in [0.2, 0.25) is 0 Å². The van der Waals surface area contributed by atoms with Crippen molar-refractivity contribution in [1.82, 2.24) is 0 Å². The fraction of sp³-hybridized carbons (Fsp3) is 0.231. The van der Waals surface area contributed by atoms with Gasteiger partial charge in [0.1, 0.15) is 0 Å². The van der Waals surface area contributed by atoms with Crippen LogP contribution in [0.5, 0.6) is 0 Å². The van der Waals surface area contributed by atoms with Crippen LogP contribution >= 0.6 is 27.7 Å². The standard InChI is InChI=1S/C13H11BrO3S/c1-9(15)18-7-3-2-4-10-5-6-12(14)11(8-10)13(16)17/h5-6,8H,3,7H2,1H3,(H,16,17). The second-order valence-corrected chi connectivity index (χ2v) is 5.52. The lowest BCUT2D eigenvalue weighted by atomic mass is 10.1. The van der Waals surface area contributed by atoms with Crippen molar-refractivity contribution in [3.63, 3.8) is 0 Å². The predicted molar refractivity (Wildman–Crippen MR) is 75.7 cm³/mol. The zero-order chi connectivity index (χ0) is 13.5. The van der Waals surface area contributed by atoms with Gasteiger partial charge in [-0.1, -0.05) is 23.6 Å². The van der Waals surface area contributed by atoms with Crippen LogP contribution in [0.15, 0.2) is 22.7 Å². The van der Waals surface area contributed by atoms with Gasteiger partial charge in [0.25, 0.3) is 0 Å². The largest absolute Gasteiger partial charge is 0.478 e. The average molecular weight is 327 g/mol. The van der Waals surface area contributed by atoms with E-state index in [0.29, 0.717) is 22.2 Å². The van der Waals surface area contributed by atoms with Crippen molar-refractivity contribution < 1.29 is 14.7 Å². The number of carboxylic acids is 1. The Hall–Kier alpha value is -1.25. The zero-order valence-electron chi connectivity index (χ0n) is 9.70. The maximum Gasteiger partial charge on any atom is 0.336 e. The number of carboxylic acid groups (broad SMARTS) is 1. The minimum absolute atomic E-state index is 0.0774. The molecule has 5 heteroatoms. The average Bonchev–Trinajstić information content (AvgIpc) is 2.30. The molecule has 0 aliphatic carbocycles. The molecule has 1 N–H and O–H groups in total.